The van der Waals surface area contributed by atoms with Crippen molar-refractivity contribution in [1.29, 1.82) is 0 Å². The molecule has 1 N–H and O–H groups in total. The van der Waals surface area contributed by atoms with E-state index in [9.17, 15) is 8.42 Å². The molecule has 9 heteroatoms. The van der Waals surface area contributed by atoms with Crippen LogP contribution in [0.3, 0.4) is 0 Å². The summed E-state index contributed by atoms with van der Waals surface area (Å²) in [5.74, 6) is 0. The van der Waals surface area contributed by atoms with Crippen molar-refractivity contribution < 1.29 is 8.42 Å². The first kappa shape index (κ1) is 19.9. The van der Waals surface area contributed by atoms with Crippen molar-refractivity contribution in [3.8, 4) is 0 Å². The Morgan fingerprint density at radius 1 is 1.11 bits per heavy atom. The second-order valence-corrected chi connectivity index (χ2v) is 11.0. The van der Waals surface area contributed by atoms with Crippen LogP contribution in [0, 0.1) is 0 Å². The number of anilines is 1. The average Bonchev–Trinajstić information content (AvgIpc) is 3.01. The molecule has 4 rings (SSSR count). The van der Waals surface area contributed by atoms with E-state index in [1.165, 1.54) is 11.6 Å². The highest BCUT2D eigenvalue weighted by molar-refractivity contribution is 9.10. The maximum absolute atomic E-state index is 12.7. The molecular weight excluding hydrogens is 503 g/mol. The van der Waals surface area contributed by atoms with Crippen LogP contribution in [0.15, 0.2) is 62.2 Å². The molecule has 1 aliphatic rings. The second-order valence-electron chi connectivity index (χ2n) is 6.16. The van der Waals surface area contributed by atoms with Crippen molar-refractivity contribution in [3.63, 3.8) is 0 Å². The monoisotopic (exact) mass is 514 g/mol. The number of sulfonamides is 1. The molecule has 2 heterocycles. The second kappa shape index (κ2) is 7.80. The number of rotatable bonds is 4. The van der Waals surface area contributed by atoms with Crippen molar-refractivity contribution in [1.82, 2.24) is 0 Å². The molecule has 1 aliphatic heterocycles. The number of halogens is 3. The van der Waals surface area contributed by atoms with Gasteiger partial charge in [-0.15, -0.1) is 11.3 Å². The zero-order valence-electron chi connectivity index (χ0n) is 14.2. The number of fused-ring (bicyclic) bond motifs is 1. The SMILES string of the molecule is O=S(=O)(Nc1cccc(C2=NCCc3ccc(Cl)cc32)c1)c1cc(Br)c(Cl)s1. The molecule has 0 bridgehead atoms. The fourth-order valence-corrected chi connectivity index (χ4v) is 6.52. The fraction of sp³-hybridized carbons (Fsp3) is 0.105. The van der Waals surface area contributed by atoms with Gasteiger partial charge in [0.15, 0.2) is 0 Å². The molecule has 1 aromatic heterocycles. The zero-order valence-corrected chi connectivity index (χ0v) is 19.0. The van der Waals surface area contributed by atoms with Crippen LogP contribution >= 0.6 is 50.5 Å². The molecule has 2 aromatic carbocycles. The van der Waals surface area contributed by atoms with Gasteiger partial charge in [0.05, 0.1) is 5.71 Å². The summed E-state index contributed by atoms with van der Waals surface area (Å²) in [6.07, 6.45) is 0.857. The molecular formula is C19H13BrCl2N2O2S2. The summed E-state index contributed by atoms with van der Waals surface area (Å²) in [6, 6.07) is 14.5. The van der Waals surface area contributed by atoms with E-state index in [1.807, 2.05) is 24.3 Å². The first-order valence-electron chi connectivity index (χ1n) is 8.25. The van der Waals surface area contributed by atoms with E-state index in [-0.39, 0.29) is 4.21 Å². The minimum absolute atomic E-state index is 0.141. The average molecular weight is 516 g/mol. The van der Waals surface area contributed by atoms with E-state index in [0.29, 0.717) is 26.1 Å². The van der Waals surface area contributed by atoms with E-state index in [2.05, 4.69) is 25.6 Å². The van der Waals surface area contributed by atoms with Gasteiger partial charge in [-0.2, -0.15) is 0 Å². The molecule has 0 unspecified atom stereocenters. The minimum Gasteiger partial charge on any atom is -0.284 e. The van der Waals surface area contributed by atoms with Gasteiger partial charge >= 0.3 is 0 Å². The highest BCUT2D eigenvalue weighted by Gasteiger charge is 2.21. The van der Waals surface area contributed by atoms with Crippen molar-refractivity contribution >= 4 is 71.9 Å². The van der Waals surface area contributed by atoms with Crippen LogP contribution in [0.25, 0.3) is 0 Å². The number of aliphatic imine (C=N–C) groups is 1. The third-order valence-electron chi connectivity index (χ3n) is 4.25. The third kappa shape index (κ3) is 4.00. The summed E-state index contributed by atoms with van der Waals surface area (Å²) in [4.78, 5) is 4.65. The number of hydrogen-bond donors (Lipinski definition) is 1. The zero-order chi connectivity index (χ0) is 19.9. The number of thiophene rings is 1. The molecule has 144 valence electrons. The Morgan fingerprint density at radius 3 is 2.68 bits per heavy atom. The maximum Gasteiger partial charge on any atom is 0.271 e. The van der Waals surface area contributed by atoms with Crippen LogP contribution in [-0.2, 0) is 16.4 Å². The lowest BCUT2D eigenvalue weighted by atomic mass is 9.93. The van der Waals surface area contributed by atoms with Crippen LogP contribution in [0.2, 0.25) is 9.36 Å². The summed E-state index contributed by atoms with van der Waals surface area (Å²) in [5, 5.41) is 0.644. The van der Waals surface area contributed by atoms with Gasteiger partial charge in [0.1, 0.15) is 8.55 Å². The summed E-state index contributed by atoms with van der Waals surface area (Å²) >= 11 is 16.4. The van der Waals surface area contributed by atoms with Crippen LogP contribution < -0.4 is 4.72 Å². The molecule has 0 aliphatic carbocycles. The number of nitrogens with one attached hydrogen (secondary N) is 1. The predicted octanol–water partition coefficient (Wildman–Crippen LogP) is 6.01. The van der Waals surface area contributed by atoms with E-state index in [1.54, 1.807) is 18.2 Å². The normalized spacial score (nSPS) is 13.8. The Balaban J connectivity index is 1.68. The van der Waals surface area contributed by atoms with Crippen molar-refractivity contribution in [3.05, 3.63) is 79.1 Å². The first-order chi connectivity index (χ1) is 13.3. The van der Waals surface area contributed by atoms with Gasteiger partial charge in [0, 0.05) is 32.9 Å². The molecule has 3 aromatic rings. The van der Waals surface area contributed by atoms with Crippen LogP contribution in [-0.4, -0.2) is 20.7 Å². The first-order valence-corrected chi connectivity index (χ1v) is 12.1. The molecule has 0 fully saturated rings. The Hall–Kier alpha value is -1.38. The molecule has 0 radical (unpaired) electrons. The lowest BCUT2D eigenvalue weighted by Gasteiger charge is -2.18. The number of hydrogen-bond acceptors (Lipinski definition) is 4. The topological polar surface area (TPSA) is 58.5 Å². The smallest absolute Gasteiger partial charge is 0.271 e. The Bertz CT molecular complexity index is 1190. The maximum atomic E-state index is 12.7. The fourth-order valence-electron chi connectivity index (χ4n) is 3.00. The number of benzene rings is 2. The van der Waals surface area contributed by atoms with Gasteiger partial charge in [-0.05, 0) is 58.2 Å². The molecule has 0 saturated carbocycles. The molecule has 4 nitrogen and oxygen atoms in total. The summed E-state index contributed by atoms with van der Waals surface area (Å²) < 4.78 is 29.0. The van der Waals surface area contributed by atoms with Crippen molar-refractivity contribution in [2.75, 3.05) is 11.3 Å². The Kier molecular flexibility index (Phi) is 5.55. The summed E-state index contributed by atoms with van der Waals surface area (Å²) in [6.45, 7) is 0.682. The van der Waals surface area contributed by atoms with E-state index in [4.69, 9.17) is 23.2 Å². The lowest BCUT2D eigenvalue weighted by molar-refractivity contribution is 0.603. The van der Waals surface area contributed by atoms with Crippen molar-refractivity contribution in [2.24, 2.45) is 4.99 Å². The highest BCUT2D eigenvalue weighted by atomic mass is 79.9. The largest absolute Gasteiger partial charge is 0.284 e. The summed E-state index contributed by atoms with van der Waals surface area (Å²) in [7, 11) is -3.74. The van der Waals surface area contributed by atoms with Gasteiger partial charge in [-0.25, -0.2) is 8.42 Å². The molecule has 0 saturated heterocycles. The Labute approximate surface area is 185 Å². The van der Waals surface area contributed by atoms with Gasteiger partial charge in [-0.1, -0.05) is 41.4 Å². The van der Waals surface area contributed by atoms with Gasteiger partial charge < -0.3 is 0 Å². The van der Waals surface area contributed by atoms with Gasteiger partial charge in [0.2, 0.25) is 0 Å². The number of nitrogens with zero attached hydrogens (tertiary/aromatic N) is 1. The van der Waals surface area contributed by atoms with Crippen molar-refractivity contribution in [2.45, 2.75) is 10.6 Å². The van der Waals surface area contributed by atoms with Gasteiger partial charge in [-0.3, -0.25) is 9.71 Å². The third-order valence-corrected chi connectivity index (χ3v) is 8.82. The van der Waals surface area contributed by atoms with E-state index in [0.717, 1.165) is 34.6 Å². The van der Waals surface area contributed by atoms with Crippen LogP contribution in [0.4, 0.5) is 5.69 Å². The molecule has 0 atom stereocenters. The lowest BCUT2D eigenvalue weighted by Crippen LogP contribution is -2.15. The predicted molar refractivity (Wildman–Crippen MR) is 120 cm³/mol. The molecule has 0 spiro atoms. The standard InChI is InChI=1S/C19H13BrCl2N2O2S2/c20-16-10-17(27-19(16)22)28(25,26)24-14-3-1-2-12(8-14)18-15-9-13(21)5-4-11(15)6-7-23-18/h1-5,8-10,24H,6-7H2. The van der Waals surface area contributed by atoms with E-state index < -0.39 is 10.0 Å². The van der Waals surface area contributed by atoms with E-state index >= 15 is 0 Å². The highest BCUT2D eigenvalue weighted by Crippen LogP contribution is 2.35. The van der Waals surface area contributed by atoms with Crippen LogP contribution in [0.1, 0.15) is 16.7 Å². The molecule has 28 heavy (non-hydrogen) atoms. The minimum atomic E-state index is -3.74. The summed E-state index contributed by atoms with van der Waals surface area (Å²) in [5.41, 5.74) is 4.25. The molecule has 0 amide bonds. The van der Waals surface area contributed by atoms with Gasteiger partial charge in [0.25, 0.3) is 10.0 Å². The Morgan fingerprint density at radius 2 is 1.93 bits per heavy atom. The quantitative estimate of drug-likeness (QED) is 0.462. The van der Waals surface area contributed by atoms with Crippen LogP contribution in [0.5, 0.6) is 0 Å².